The van der Waals surface area contributed by atoms with Gasteiger partial charge in [-0.2, -0.15) is 5.26 Å². The fourth-order valence-electron chi connectivity index (χ4n) is 0.623. The quantitative estimate of drug-likeness (QED) is 0.607. The molecule has 0 aromatic carbocycles. The molecule has 0 aliphatic rings. The first kappa shape index (κ1) is 6.78. The number of rotatable bonds is 1. The van der Waals surface area contributed by atoms with E-state index in [-0.39, 0.29) is 12.5 Å². The van der Waals surface area contributed by atoms with Crippen molar-refractivity contribution in [1.82, 2.24) is 4.98 Å². The summed E-state index contributed by atoms with van der Waals surface area (Å²) in [6, 6.07) is 1.73. The Bertz CT molecular complexity index is 272. The summed E-state index contributed by atoms with van der Waals surface area (Å²) < 4.78 is 4.82. The predicted molar refractivity (Wildman–Crippen MR) is 31.9 cm³/mol. The second-order valence-electron chi connectivity index (χ2n) is 1.79. The van der Waals surface area contributed by atoms with E-state index in [4.69, 9.17) is 14.8 Å². The molecule has 0 aliphatic heterocycles. The van der Waals surface area contributed by atoms with Crippen LogP contribution >= 0.6 is 0 Å². The molecule has 4 heteroatoms. The van der Waals surface area contributed by atoms with Gasteiger partial charge in [0.05, 0.1) is 6.61 Å². The molecule has 1 N–H and O–H groups in total. The smallest absolute Gasteiger partial charge is 0.301 e. The normalized spacial score (nSPS) is 9.30. The third-order valence-electron chi connectivity index (χ3n) is 1.14. The Balaban J connectivity index is 3.07. The van der Waals surface area contributed by atoms with Crippen molar-refractivity contribution in [2.75, 3.05) is 0 Å². The molecule has 0 spiro atoms. The number of aryl methyl sites for hydroxylation is 1. The van der Waals surface area contributed by atoms with E-state index in [0.29, 0.717) is 11.5 Å². The molecule has 10 heavy (non-hydrogen) atoms. The average molecular weight is 138 g/mol. The van der Waals surface area contributed by atoms with E-state index >= 15 is 0 Å². The van der Waals surface area contributed by atoms with Crippen LogP contribution in [0.2, 0.25) is 0 Å². The maximum atomic E-state index is 8.60. The van der Waals surface area contributed by atoms with Gasteiger partial charge in [0, 0.05) is 0 Å². The standard InChI is InChI=1S/C6H6N2O2/c1-4-5(3-9)8-6(2-7)10-4/h9H,3H2,1H3. The third kappa shape index (κ3) is 0.993. The van der Waals surface area contributed by atoms with Crippen LogP contribution < -0.4 is 0 Å². The van der Waals surface area contributed by atoms with Crippen LogP contribution in [-0.4, -0.2) is 10.1 Å². The number of aliphatic hydroxyl groups is 1. The van der Waals surface area contributed by atoms with Crippen LogP contribution in [0.25, 0.3) is 0 Å². The molecule has 0 saturated carbocycles. The van der Waals surface area contributed by atoms with Crippen molar-refractivity contribution >= 4 is 0 Å². The molecule has 0 radical (unpaired) electrons. The summed E-state index contributed by atoms with van der Waals surface area (Å²) in [5.41, 5.74) is 0.427. The molecule has 1 rings (SSSR count). The van der Waals surface area contributed by atoms with Crippen molar-refractivity contribution in [2.24, 2.45) is 0 Å². The minimum Gasteiger partial charge on any atom is -0.434 e. The van der Waals surface area contributed by atoms with Crippen molar-refractivity contribution in [2.45, 2.75) is 13.5 Å². The van der Waals surface area contributed by atoms with E-state index in [1.165, 1.54) is 0 Å². The van der Waals surface area contributed by atoms with Gasteiger partial charge in [0.1, 0.15) is 11.5 Å². The zero-order chi connectivity index (χ0) is 7.56. The highest BCUT2D eigenvalue weighted by Crippen LogP contribution is 2.07. The highest BCUT2D eigenvalue weighted by atomic mass is 16.4. The first-order valence-corrected chi connectivity index (χ1v) is 2.75. The third-order valence-corrected chi connectivity index (χ3v) is 1.14. The molecule has 0 amide bonds. The summed E-state index contributed by atoms with van der Waals surface area (Å²) in [5, 5.41) is 16.9. The van der Waals surface area contributed by atoms with Gasteiger partial charge in [0.2, 0.25) is 0 Å². The molecular weight excluding hydrogens is 132 g/mol. The van der Waals surface area contributed by atoms with Crippen LogP contribution in [0.15, 0.2) is 4.42 Å². The molecule has 4 nitrogen and oxygen atoms in total. The summed E-state index contributed by atoms with van der Waals surface area (Å²) >= 11 is 0. The minimum absolute atomic E-state index is 0.00144. The largest absolute Gasteiger partial charge is 0.434 e. The molecule has 1 aromatic rings. The molecule has 0 fully saturated rings. The second kappa shape index (κ2) is 2.50. The predicted octanol–water partition coefficient (Wildman–Crippen LogP) is 0.347. The van der Waals surface area contributed by atoms with Gasteiger partial charge in [0.25, 0.3) is 0 Å². The van der Waals surface area contributed by atoms with Crippen molar-refractivity contribution in [1.29, 1.82) is 5.26 Å². The minimum atomic E-state index is -0.184. The van der Waals surface area contributed by atoms with Gasteiger partial charge in [-0.25, -0.2) is 4.98 Å². The Morgan fingerprint density at radius 3 is 2.80 bits per heavy atom. The number of aliphatic hydroxyl groups excluding tert-OH is 1. The molecular formula is C6H6N2O2. The van der Waals surface area contributed by atoms with Gasteiger partial charge in [-0.15, -0.1) is 0 Å². The highest BCUT2D eigenvalue weighted by Gasteiger charge is 2.05. The first-order valence-electron chi connectivity index (χ1n) is 2.75. The van der Waals surface area contributed by atoms with Gasteiger partial charge in [-0.3, -0.25) is 0 Å². The lowest BCUT2D eigenvalue weighted by atomic mass is 10.4. The number of aromatic nitrogens is 1. The lowest BCUT2D eigenvalue weighted by molar-refractivity contribution is 0.275. The van der Waals surface area contributed by atoms with Crippen LogP contribution in [0.4, 0.5) is 0 Å². The summed E-state index contributed by atoms with van der Waals surface area (Å²) in [5.74, 6) is 0.501. The number of hydrogen-bond donors (Lipinski definition) is 1. The molecule has 1 aromatic heterocycles. The van der Waals surface area contributed by atoms with Gasteiger partial charge < -0.3 is 9.52 Å². The fourth-order valence-corrected chi connectivity index (χ4v) is 0.623. The Hall–Kier alpha value is -1.34. The van der Waals surface area contributed by atoms with Crippen LogP contribution in [0.5, 0.6) is 0 Å². The maximum Gasteiger partial charge on any atom is 0.301 e. The summed E-state index contributed by atoms with van der Waals surface area (Å²) in [4.78, 5) is 3.67. The molecule has 52 valence electrons. The number of nitrogens with zero attached hydrogens (tertiary/aromatic N) is 2. The van der Waals surface area contributed by atoms with Crippen LogP contribution in [0.3, 0.4) is 0 Å². The average Bonchev–Trinajstić information content (AvgIpc) is 2.30. The zero-order valence-corrected chi connectivity index (χ0v) is 5.46. The topological polar surface area (TPSA) is 70.0 Å². The lowest BCUT2D eigenvalue weighted by Crippen LogP contribution is -1.84. The molecule has 0 saturated heterocycles. The SMILES string of the molecule is Cc1oc(C#N)nc1CO. The van der Waals surface area contributed by atoms with E-state index in [2.05, 4.69) is 4.98 Å². The monoisotopic (exact) mass is 138 g/mol. The Morgan fingerprint density at radius 1 is 1.80 bits per heavy atom. The van der Waals surface area contributed by atoms with Crippen molar-refractivity contribution in [3.63, 3.8) is 0 Å². The summed E-state index contributed by atoms with van der Waals surface area (Å²) in [6.45, 7) is 1.47. The lowest BCUT2D eigenvalue weighted by Gasteiger charge is -1.83. The summed E-state index contributed by atoms with van der Waals surface area (Å²) in [7, 11) is 0. The molecule has 0 unspecified atom stereocenters. The van der Waals surface area contributed by atoms with E-state index in [1.807, 2.05) is 0 Å². The highest BCUT2D eigenvalue weighted by molar-refractivity contribution is 5.14. The molecule has 0 aliphatic carbocycles. The van der Waals surface area contributed by atoms with E-state index in [0.717, 1.165) is 0 Å². The van der Waals surface area contributed by atoms with Crippen molar-refractivity contribution < 1.29 is 9.52 Å². The summed E-state index contributed by atoms with van der Waals surface area (Å²) in [6.07, 6.45) is 0. The van der Waals surface area contributed by atoms with Crippen LogP contribution in [0, 0.1) is 18.3 Å². The number of hydrogen-bond acceptors (Lipinski definition) is 4. The van der Waals surface area contributed by atoms with Gasteiger partial charge in [0.15, 0.2) is 6.07 Å². The Kier molecular flexibility index (Phi) is 1.69. The fraction of sp³-hybridized carbons (Fsp3) is 0.333. The maximum absolute atomic E-state index is 8.60. The van der Waals surface area contributed by atoms with Gasteiger partial charge in [-0.05, 0) is 6.92 Å². The molecule has 0 bridgehead atoms. The van der Waals surface area contributed by atoms with Gasteiger partial charge in [-0.1, -0.05) is 0 Å². The second-order valence-corrected chi connectivity index (χ2v) is 1.79. The Morgan fingerprint density at radius 2 is 2.50 bits per heavy atom. The van der Waals surface area contributed by atoms with E-state index in [9.17, 15) is 0 Å². The Labute approximate surface area is 57.7 Å². The zero-order valence-electron chi connectivity index (χ0n) is 5.46. The first-order chi connectivity index (χ1) is 4.77. The molecule has 1 heterocycles. The van der Waals surface area contributed by atoms with Crippen LogP contribution in [-0.2, 0) is 6.61 Å². The van der Waals surface area contributed by atoms with Crippen molar-refractivity contribution in [3.05, 3.63) is 17.3 Å². The van der Waals surface area contributed by atoms with E-state index < -0.39 is 0 Å². The number of oxazole rings is 1. The van der Waals surface area contributed by atoms with Crippen molar-refractivity contribution in [3.8, 4) is 6.07 Å². The van der Waals surface area contributed by atoms with Gasteiger partial charge >= 0.3 is 5.89 Å². The molecule has 0 atom stereocenters. The number of nitriles is 1. The van der Waals surface area contributed by atoms with Crippen LogP contribution in [0.1, 0.15) is 17.3 Å². The van der Waals surface area contributed by atoms with E-state index in [1.54, 1.807) is 13.0 Å².